The number of nitrogens with one attached hydrogen (secondary N) is 2. The molecule has 1 saturated heterocycles. The Kier molecular flexibility index (Phi) is 4.56. The predicted octanol–water partition coefficient (Wildman–Crippen LogP) is 2.72. The maximum Gasteiger partial charge on any atom is 0.403 e. The van der Waals surface area contributed by atoms with Crippen molar-refractivity contribution in [2.24, 2.45) is 0 Å². The molecule has 2 atom stereocenters. The molecule has 2 unspecified atom stereocenters. The van der Waals surface area contributed by atoms with Crippen LogP contribution in [-0.4, -0.2) is 30.7 Å². The number of halogens is 3. The number of piperidine rings is 1. The minimum Gasteiger partial charge on any atom is -0.348 e. The van der Waals surface area contributed by atoms with Crippen molar-refractivity contribution in [3.05, 3.63) is 34.9 Å². The van der Waals surface area contributed by atoms with Gasteiger partial charge in [0.2, 0.25) is 0 Å². The molecule has 1 aliphatic heterocycles. The van der Waals surface area contributed by atoms with E-state index in [1.54, 1.807) is 12.1 Å². The third-order valence-corrected chi connectivity index (χ3v) is 3.63. The van der Waals surface area contributed by atoms with Crippen molar-refractivity contribution in [3.63, 3.8) is 0 Å². The van der Waals surface area contributed by atoms with E-state index in [4.69, 9.17) is 0 Å². The van der Waals surface area contributed by atoms with Crippen molar-refractivity contribution < 1.29 is 18.0 Å². The van der Waals surface area contributed by atoms with Gasteiger partial charge in [-0.25, -0.2) is 0 Å². The van der Waals surface area contributed by atoms with E-state index in [1.165, 1.54) is 0 Å². The molecule has 0 radical (unpaired) electrons. The molecule has 3 nitrogen and oxygen atoms in total. The second kappa shape index (κ2) is 6.05. The fraction of sp³-hybridized carbons (Fsp3) is 0.533. The van der Waals surface area contributed by atoms with Crippen LogP contribution in [0.2, 0.25) is 0 Å². The number of carbonyl (C=O) groups excluding carboxylic acids is 1. The van der Waals surface area contributed by atoms with Gasteiger partial charge in [-0.05, 0) is 38.8 Å². The first-order valence-corrected chi connectivity index (χ1v) is 6.95. The molecular weight excluding hydrogens is 281 g/mol. The van der Waals surface area contributed by atoms with Gasteiger partial charge in [-0.2, -0.15) is 13.2 Å². The standard InChI is InChI=1S/C15H19F3N2O/c1-9-5-10(2)7-11(6-9)14(21)20-12-3-4-13(19-8-12)15(16,17)18/h5-7,12-13,19H,3-4,8H2,1-2H3,(H,20,21). The van der Waals surface area contributed by atoms with E-state index in [0.29, 0.717) is 12.0 Å². The van der Waals surface area contributed by atoms with Gasteiger partial charge >= 0.3 is 6.18 Å². The summed E-state index contributed by atoms with van der Waals surface area (Å²) in [6.07, 6.45) is -3.91. The van der Waals surface area contributed by atoms with Crippen molar-refractivity contribution in [1.82, 2.24) is 10.6 Å². The summed E-state index contributed by atoms with van der Waals surface area (Å²) in [5.74, 6) is -0.237. The quantitative estimate of drug-likeness (QED) is 0.882. The van der Waals surface area contributed by atoms with E-state index >= 15 is 0 Å². The first-order chi connectivity index (χ1) is 9.75. The summed E-state index contributed by atoms with van der Waals surface area (Å²) >= 11 is 0. The van der Waals surface area contributed by atoms with Crippen LogP contribution in [0.25, 0.3) is 0 Å². The number of carbonyl (C=O) groups is 1. The molecule has 0 saturated carbocycles. The lowest BCUT2D eigenvalue weighted by atomic mass is 9.99. The number of benzene rings is 1. The number of hydrogen-bond donors (Lipinski definition) is 2. The summed E-state index contributed by atoms with van der Waals surface area (Å²) in [6.45, 7) is 3.94. The minimum atomic E-state index is -4.22. The molecule has 0 spiro atoms. The molecule has 6 heteroatoms. The maximum absolute atomic E-state index is 12.5. The smallest absolute Gasteiger partial charge is 0.348 e. The van der Waals surface area contributed by atoms with Crippen LogP contribution >= 0.6 is 0 Å². The van der Waals surface area contributed by atoms with Crippen molar-refractivity contribution in [2.45, 2.75) is 44.9 Å². The fourth-order valence-electron chi connectivity index (χ4n) is 2.63. The summed E-state index contributed by atoms with van der Waals surface area (Å²) in [7, 11) is 0. The summed E-state index contributed by atoms with van der Waals surface area (Å²) in [5, 5.41) is 5.24. The molecule has 1 amide bonds. The van der Waals surface area contributed by atoms with E-state index in [0.717, 1.165) is 11.1 Å². The minimum absolute atomic E-state index is 0.0126. The zero-order valence-electron chi connectivity index (χ0n) is 12.1. The van der Waals surface area contributed by atoms with Gasteiger partial charge < -0.3 is 10.6 Å². The lowest BCUT2D eigenvalue weighted by Crippen LogP contribution is -2.54. The summed E-state index contributed by atoms with van der Waals surface area (Å²) in [6, 6.07) is 3.78. The Morgan fingerprint density at radius 3 is 2.29 bits per heavy atom. The molecule has 1 fully saturated rings. The number of hydrogen-bond acceptors (Lipinski definition) is 2. The largest absolute Gasteiger partial charge is 0.403 e. The SMILES string of the molecule is Cc1cc(C)cc(C(=O)NC2CCC(C(F)(F)F)NC2)c1. The molecule has 0 aliphatic carbocycles. The lowest BCUT2D eigenvalue weighted by Gasteiger charge is -2.31. The van der Waals surface area contributed by atoms with Crippen LogP contribution in [0.4, 0.5) is 13.2 Å². The first-order valence-electron chi connectivity index (χ1n) is 6.95. The van der Waals surface area contributed by atoms with E-state index in [2.05, 4.69) is 10.6 Å². The molecule has 1 aliphatic rings. The normalized spacial score (nSPS) is 22.9. The number of aryl methyl sites for hydroxylation is 2. The highest BCUT2D eigenvalue weighted by Crippen LogP contribution is 2.26. The van der Waals surface area contributed by atoms with Gasteiger partial charge in [-0.1, -0.05) is 17.2 Å². The monoisotopic (exact) mass is 300 g/mol. The Hall–Kier alpha value is -1.56. The Morgan fingerprint density at radius 2 is 1.81 bits per heavy atom. The van der Waals surface area contributed by atoms with Gasteiger partial charge in [0.1, 0.15) is 6.04 Å². The maximum atomic E-state index is 12.5. The summed E-state index contributed by atoms with van der Waals surface area (Å²) < 4.78 is 37.6. The molecule has 116 valence electrons. The molecule has 21 heavy (non-hydrogen) atoms. The number of alkyl halides is 3. The topological polar surface area (TPSA) is 41.1 Å². The van der Waals surface area contributed by atoms with Gasteiger partial charge in [-0.3, -0.25) is 4.79 Å². The molecular formula is C15H19F3N2O. The molecule has 0 aromatic heterocycles. The van der Waals surface area contributed by atoms with Crippen LogP contribution in [0.1, 0.15) is 34.3 Å². The van der Waals surface area contributed by atoms with Gasteiger partial charge in [0.05, 0.1) is 0 Å². The van der Waals surface area contributed by atoms with Crippen LogP contribution in [-0.2, 0) is 0 Å². The van der Waals surface area contributed by atoms with Gasteiger partial charge in [-0.15, -0.1) is 0 Å². The molecule has 2 N–H and O–H groups in total. The molecule has 2 rings (SSSR count). The first kappa shape index (κ1) is 15.8. The van der Waals surface area contributed by atoms with E-state index < -0.39 is 12.2 Å². The third kappa shape index (κ3) is 4.20. The highest BCUT2D eigenvalue weighted by Gasteiger charge is 2.41. The van der Waals surface area contributed by atoms with Crippen molar-refractivity contribution in [2.75, 3.05) is 6.54 Å². The van der Waals surface area contributed by atoms with E-state index in [1.807, 2.05) is 19.9 Å². The van der Waals surface area contributed by atoms with Gasteiger partial charge in [0.15, 0.2) is 0 Å². The average Bonchev–Trinajstić information content (AvgIpc) is 2.37. The average molecular weight is 300 g/mol. The molecule has 1 aromatic carbocycles. The number of amides is 1. The summed E-state index contributed by atoms with van der Waals surface area (Å²) in [4.78, 5) is 12.1. The fourth-order valence-corrected chi connectivity index (χ4v) is 2.63. The Bertz CT molecular complexity index is 500. The van der Waals surface area contributed by atoms with Crippen LogP contribution < -0.4 is 10.6 Å². The van der Waals surface area contributed by atoms with Crippen molar-refractivity contribution >= 4 is 5.91 Å². The zero-order valence-corrected chi connectivity index (χ0v) is 12.1. The highest BCUT2D eigenvalue weighted by molar-refractivity contribution is 5.94. The highest BCUT2D eigenvalue weighted by atomic mass is 19.4. The predicted molar refractivity (Wildman–Crippen MR) is 74.2 cm³/mol. The van der Waals surface area contributed by atoms with E-state index in [9.17, 15) is 18.0 Å². The Labute approximate surface area is 121 Å². The zero-order chi connectivity index (χ0) is 15.6. The number of rotatable bonds is 2. The lowest BCUT2D eigenvalue weighted by molar-refractivity contribution is -0.160. The molecule has 1 heterocycles. The second-order valence-corrected chi connectivity index (χ2v) is 5.63. The Balaban J connectivity index is 1.93. The van der Waals surface area contributed by atoms with Gasteiger partial charge in [0.25, 0.3) is 5.91 Å². The van der Waals surface area contributed by atoms with Crippen LogP contribution in [0.5, 0.6) is 0 Å². The van der Waals surface area contributed by atoms with E-state index in [-0.39, 0.29) is 24.9 Å². The molecule has 1 aromatic rings. The molecule has 0 bridgehead atoms. The summed E-state index contributed by atoms with van der Waals surface area (Å²) in [5.41, 5.74) is 2.52. The van der Waals surface area contributed by atoms with Crippen LogP contribution in [0.3, 0.4) is 0 Å². The van der Waals surface area contributed by atoms with Gasteiger partial charge in [0, 0.05) is 18.2 Å². The Morgan fingerprint density at radius 1 is 1.19 bits per heavy atom. The van der Waals surface area contributed by atoms with Crippen molar-refractivity contribution in [1.29, 1.82) is 0 Å². The third-order valence-electron chi connectivity index (χ3n) is 3.63. The second-order valence-electron chi connectivity index (χ2n) is 5.63. The van der Waals surface area contributed by atoms with Crippen LogP contribution in [0.15, 0.2) is 18.2 Å². The van der Waals surface area contributed by atoms with Crippen LogP contribution in [0, 0.1) is 13.8 Å². The van der Waals surface area contributed by atoms with Crippen molar-refractivity contribution in [3.8, 4) is 0 Å².